The topological polar surface area (TPSA) is 46.5 Å². The van der Waals surface area contributed by atoms with Gasteiger partial charge >= 0.3 is 5.97 Å². The zero-order chi connectivity index (χ0) is 9.42. The quantitative estimate of drug-likeness (QED) is 0.573. The first-order valence-corrected chi connectivity index (χ1v) is 5.08. The molecule has 0 aromatic carbocycles. The van der Waals surface area contributed by atoms with Crippen molar-refractivity contribution in [2.24, 2.45) is 11.8 Å². The summed E-state index contributed by atoms with van der Waals surface area (Å²) < 4.78 is 5.18. The largest absolute Gasteiger partial charge is 0.459 e. The minimum absolute atomic E-state index is 0.0160. The number of esters is 1. The molecule has 0 unspecified atom stereocenters. The summed E-state index contributed by atoms with van der Waals surface area (Å²) in [6, 6.07) is 0. The van der Waals surface area contributed by atoms with Gasteiger partial charge in [0.15, 0.2) is 0 Å². The van der Waals surface area contributed by atoms with E-state index in [1.165, 1.54) is 0 Å². The van der Waals surface area contributed by atoms with Crippen LogP contribution in [0.1, 0.15) is 32.6 Å². The van der Waals surface area contributed by atoms with Crippen molar-refractivity contribution in [1.29, 1.82) is 0 Å². The third-order valence-corrected chi connectivity index (χ3v) is 3.35. The lowest BCUT2D eigenvalue weighted by Gasteiger charge is -2.19. The number of rotatable bonds is 0. The Morgan fingerprint density at radius 1 is 1.38 bits per heavy atom. The molecule has 0 radical (unpaired) electrons. The Labute approximate surface area is 78.1 Å². The second-order valence-corrected chi connectivity index (χ2v) is 4.21. The van der Waals surface area contributed by atoms with Crippen molar-refractivity contribution in [3.8, 4) is 0 Å². The van der Waals surface area contributed by atoms with Gasteiger partial charge in [0.25, 0.3) is 0 Å². The molecule has 4 atom stereocenters. The van der Waals surface area contributed by atoms with Crippen LogP contribution in [0.15, 0.2) is 0 Å². The van der Waals surface area contributed by atoms with Gasteiger partial charge in [-0.15, -0.1) is 0 Å². The molecule has 0 amide bonds. The molecule has 0 aromatic heterocycles. The molecular formula is C10H16O3. The summed E-state index contributed by atoms with van der Waals surface area (Å²) in [4.78, 5) is 11.3. The first-order chi connectivity index (χ1) is 6.20. The van der Waals surface area contributed by atoms with Crippen LogP contribution in [0.4, 0.5) is 0 Å². The number of ether oxygens (including phenoxy) is 1. The molecular weight excluding hydrogens is 168 g/mol. The molecule has 13 heavy (non-hydrogen) atoms. The molecule has 1 aliphatic carbocycles. The van der Waals surface area contributed by atoms with Crippen molar-refractivity contribution in [3.05, 3.63) is 0 Å². The lowest BCUT2D eigenvalue weighted by Crippen LogP contribution is -2.30. The smallest absolute Gasteiger partial charge is 0.309 e. The maximum Gasteiger partial charge on any atom is 0.309 e. The van der Waals surface area contributed by atoms with E-state index in [2.05, 4.69) is 0 Å². The van der Waals surface area contributed by atoms with Crippen LogP contribution in [0.2, 0.25) is 0 Å². The number of aliphatic hydroxyl groups excluding tert-OH is 1. The summed E-state index contributed by atoms with van der Waals surface area (Å²) in [5.41, 5.74) is 0. The Morgan fingerprint density at radius 3 is 2.85 bits per heavy atom. The van der Waals surface area contributed by atoms with Crippen LogP contribution in [-0.4, -0.2) is 23.3 Å². The summed E-state index contributed by atoms with van der Waals surface area (Å²) in [6.07, 6.45) is 3.32. The van der Waals surface area contributed by atoms with Crippen LogP contribution in [0, 0.1) is 11.8 Å². The van der Waals surface area contributed by atoms with E-state index >= 15 is 0 Å². The number of aliphatic hydroxyl groups is 1. The highest BCUT2D eigenvalue weighted by Crippen LogP contribution is 2.37. The minimum atomic E-state index is -0.429. The van der Waals surface area contributed by atoms with E-state index in [1.807, 2.05) is 6.92 Å². The summed E-state index contributed by atoms with van der Waals surface area (Å²) >= 11 is 0. The molecule has 1 heterocycles. The van der Waals surface area contributed by atoms with Crippen molar-refractivity contribution in [2.45, 2.75) is 44.8 Å². The summed E-state index contributed by atoms with van der Waals surface area (Å²) in [5, 5.41) is 9.72. The minimum Gasteiger partial charge on any atom is -0.459 e. The Morgan fingerprint density at radius 2 is 2.08 bits per heavy atom. The fourth-order valence-corrected chi connectivity index (χ4v) is 2.46. The van der Waals surface area contributed by atoms with Gasteiger partial charge in [0.1, 0.15) is 6.10 Å². The van der Waals surface area contributed by atoms with Gasteiger partial charge in [-0.25, -0.2) is 0 Å². The number of carbonyl (C=O) groups is 1. The molecule has 0 spiro atoms. The van der Waals surface area contributed by atoms with Crippen molar-refractivity contribution in [1.82, 2.24) is 0 Å². The number of fused-ring (bicyclic) bond motifs is 1. The third-order valence-electron chi connectivity index (χ3n) is 3.35. The van der Waals surface area contributed by atoms with Gasteiger partial charge in [0.2, 0.25) is 0 Å². The molecule has 0 bridgehead atoms. The van der Waals surface area contributed by atoms with Gasteiger partial charge in [0, 0.05) is 5.92 Å². The average Bonchev–Trinajstić information content (AvgIpc) is 2.30. The lowest BCUT2D eigenvalue weighted by atomic mass is 9.87. The second-order valence-electron chi connectivity index (χ2n) is 4.21. The van der Waals surface area contributed by atoms with Crippen molar-refractivity contribution in [2.75, 3.05) is 0 Å². The van der Waals surface area contributed by atoms with Crippen molar-refractivity contribution >= 4 is 5.97 Å². The highest BCUT2D eigenvalue weighted by molar-refractivity contribution is 5.74. The van der Waals surface area contributed by atoms with Crippen LogP contribution in [0.3, 0.4) is 0 Å². The molecule has 2 rings (SSSR count). The summed E-state index contributed by atoms with van der Waals surface area (Å²) in [7, 11) is 0. The first-order valence-electron chi connectivity index (χ1n) is 5.08. The molecule has 3 nitrogen and oxygen atoms in total. The highest BCUT2D eigenvalue weighted by atomic mass is 16.6. The molecule has 2 aliphatic rings. The monoisotopic (exact) mass is 184 g/mol. The van der Waals surface area contributed by atoms with Crippen LogP contribution in [0.25, 0.3) is 0 Å². The number of carbonyl (C=O) groups excluding carboxylic acids is 1. The normalized spacial score (nSPS) is 45.2. The van der Waals surface area contributed by atoms with Crippen molar-refractivity contribution < 1.29 is 14.6 Å². The Hall–Kier alpha value is -0.570. The van der Waals surface area contributed by atoms with Gasteiger partial charge in [-0.1, -0.05) is 19.8 Å². The van der Waals surface area contributed by atoms with Crippen LogP contribution >= 0.6 is 0 Å². The maximum atomic E-state index is 11.3. The predicted octanol–water partition coefficient (Wildman–Crippen LogP) is 1.10. The van der Waals surface area contributed by atoms with Gasteiger partial charge < -0.3 is 9.84 Å². The molecule has 74 valence electrons. The molecule has 0 aromatic rings. The van der Waals surface area contributed by atoms with Crippen LogP contribution in [0.5, 0.6) is 0 Å². The number of hydrogen-bond donors (Lipinski definition) is 1. The molecule has 2 fully saturated rings. The van der Waals surface area contributed by atoms with Crippen molar-refractivity contribution in [3.63, 3.8) is 0 Å². The Balaban J connectivity index is 2.16. The van der Waals surface area contributed by atoms with Gasteiger partial charge in [-0.2, -0.15) is 0 Å². The van der Waals surface area contributed by atoms with Crippen LogP contribution < -0.4 is 0 Å². The Kier molecular flexibility index (Phi) is 2.28. The summed E-state index contributed by atoms with van der Waals surface area (Å²) in [6.45, 7) is 1.91. The van der Waals surface area contributed by atoms with E-state index in [0.717, 1.165) is 25.7 Å². The zero-order valence-electron chi connectivity index (χ0n) is 7.90. The molecule has 1 N–H and O–H groups in total. The fourth-order valence-electron chi connectivity index (χ4n) is 2.46. The molecule has 1 aliphatic heterocycles. The Bertz CT molecular complexity index is 214. The van der Waals surface area contributed by atoms with Gasteiger partial charge in [-0.3, -0.25) is 4.79 Å². The third kappa shape index (κ3) is 1.46. The molecule has 1 saturated heterocycles. The van der Waals surface area contributed by atoms with Gasteiger partial charge in [-0.05, 0) is 12.8 Å². The SMILES string of the molecule is C[C@H]1C(=O)O[C@H]2[C@@H]1CCCC[C@@H]2O. The predicted molar refractivity (Wildman–Crippen MR) is 47.0 cm³/mol. The van der Waals surface area contributed by atoms with E-state index in [-0.39, 0.29) is 23.9 Å². The molecule has 1 saturated carbocycles. The standard InChI is InChI=1S/C10H16O3/c1-6-7-4-2-3-5-8(11)9(7)13-10(6)12/h6-9,11H,2-5H2,1H3/t6-,7-,8+,9+/m1/s1. The highest BCUT2D eigenvalue weighted by Gasteiger charge is 2.45. The van der Waals surface area contributed by atoms with E-state index in [1.54, 1.807) is 0 Å². The van der Waals surface area contributed by atoms with E-state index < -0.39 is 6.10 Å². The lowest BCUT2D eigenvalue weighted by molar-refractivity contribution is -0.147. The second kappa shape index (κ2) is 3.29. The fraction of sp³-hybridized carbons (Fsp3) is 0.900. The number of hydrogen-bond acceptors (Lipinski definition) is 3. The van der Waals surface area contributed by atoms with E-state index in [9.17, 15) is 9.90 Å². The maximum absolute atomic E-state index is 11.3. The summed E-state index contributed by atoms with van der Waals surface area (Å²) in [5.74, 6) is 0.110. The zero-order valence-corrected chi connectivity index (χ0v) is 7.90. The van der Waals surface area contributed by atoms with Crippen LogP contribution in [-0.2, 0) is 9.53 Å². The first kappa shape index (κ1) is 9.00. The van der Waals surface area contributed by atoms with E-state index in [4.69, 9.17) is 4.74 Å². The average molecular weight is 184 g/mol. The molecule has 3 heteroatoms. The van der Waals surface area contributed by atoms with Gasteiger partial charge in [0.05, 0.1) is 12.0 Å². The van der Waals surface area contributed by atoms with E-state index in [0.29, 0.717) is 0 Å².